The van der Waals surface area contributed by atoms with E-state index in [-0.39, 0.29) is 5.54 Å². The van der Waals surface area contributed by atoms with Crippen molar-refractivity contribution in [1.29, 1.82) is 0 Å². The molecule has 2 atom stereocenters. The molecule has 0 bridgehead atoms. The Hall–Kier alpha value is -0.870. The summed E-state index contributed by atoms with van der Waals surface area (Å²) in [6.45, 7) is 11.5. The summed E-state index contributed by atoms with van der Waals surface area (Å²) in [6.07, 6.45) is 7.92. The van der Waals surface area contributed by atoms with E-state index in [4.69, 9.17) is 0 Å². The zero-order chi connectivity index (χ0) is 14.2. The fraction of sp³-hybridized carbons (Fsp3) is 0.812. The van der Waals surface area contributed by atoms with Crippen LogP contribution in [-0.2, 0) is 6.54 Å². The highest BCUT2D eigenvalue weighted by atomic mass is 15.3. The lowest BCUT2D eigenvalue weighted by molar-refractivity contribution is 0.00226. The van der Waals surface area contributed by atoms with Crippen LogP contribution in [0.2, 0.25) is 0 Å². The molecule has 2 fully saturated rings. The van der Waals surface area contributed by atoms with Crippen LogP contribution in [0.25, 0.3) is 0 Å². The van der Waals surface area contributed by atoms with Crippen molar-refractivity contribution in [1.82, 2.24) is 20.0 Å². The molecule has 4 nitrogen and oxygen atoms in total. The molecule has 1 aliphatic carbocycles. The lowest BCUT2D eigenvalue weighted by Crippen LogP contribution is -2.69. The Morgan fingerprint density at radius 2 is 2.10 bits per heavy atom. The summed E-state index contributed by atoms with van der Waals surface area (Å²) in [6, 6.07) is 2.01. The average molecular weight is 276 g/mol. The van der Waals surface area contributed by atoms with Crippen LogP contribution in [0.5, 0.6) is 0 Å². The van der Waals surface area contributed by atoms with Gasteiger partial charge in [0.1, 0.15) is 0 Å². The van der Waals surface area contributed by atoms with Crippen molar-refractivity contribution in [3.63, 3.8) is 0 Å². The van der Waals surface area contributed by atoms with E-state index in [9.17, 15) is 0 Å². The Kier molecular flexibility index (Phi) is 3.63. The van der Waals surface area contributed by atoms with E-state index >= 15 is 0 Å². The standard InChI is InChI=1S/C16H28N4/c1-4-15(2)13-19(10-11-20-9-5-8-18-20)16(3,12-17-15)14-6-7-14/h5,8-9,14,17H,4,6-7,10-13H2,1-3H3. The number of nitrogens with one attached hydrogen (secondary N) is 1. The normalized spacial score (nSPS) is 35.4. The summed E-state index contributed by atoms with van der Waals surface area (Å²) in [5, 5.41) is 8.16. The van der Waals surface area contributed by atoms with Crippen LogP contribution in [-0.4, -0.2) is 45.4 Å². The van der Waals surface area contributed by atoms with Gasteiger partial charge in [0.2, 0.25) is 0 Å². The molecule has 1 aromatic heterocycles. The molecule has 1 aliphatic heterocycles. The Balaban J connectivity index is 1.71. The summed E-state index contributed by atoms with van der Waals surface area (Å²) >= 11 is 0. The first-order chi connectivity index (χ1) is 9.56. The van der Waals surface area contributed by atoms with E-state index in [1.165, 1.54) is 19.3 Å². The molecule has 4 heteroatoms. The summed E-state index contributed by atoms with van der Waals surface area (Å²) in [5.74, 6) is 0.883. The van der Waals surface area contributed by atoms with E-state index in [1.807, 2.05) is 12.3 Å². The lowest BCUT2D eigenvalue weighted by atomic mass is 9.84. The minimum atomic E-state index is 0.262. The van der Waals surface area contributed by atoms with E-state index < -0.39 is 0 Å². The van der Waals surface area contributed by atoms with E-state index in [0.29, 0.717) is 5.54 Å². The highest BCUT2D eigenvalue weighted by molar-refractivity contribution is 5.07. The van der Waals surface area contributed by atoms with Crippen LogP contribution in [0.3, 0.4) is 0 Å². The Bertz CT molecular complexity index is 439. The second-order valence-corrected chi connectivity index (χ2v) is 7.09. The minimum Gasteiger partial charge on any atom is -0.308 e. The molecule has 2 unspecified atom stereocenters. The third-order valence-electron chi connectivity index (χ3n) is 5.53. The number of nitrogens with zero attached hydrogens (tertiary/aromatic N) is 3. The first-order valence-electron chi connectivity index (χ1n) is 8.03. The summed E-state index contributed by atoms with van der Waals surface area (Å²) in [5.41, 5.74) is 0.598. The van der Waals surface area contributed by atoms with Crippen LogP contribution >= 0.6 is 0 Å². The molecule has 1 aromatic rings. The predicted octanol–water partition coefficient (Wildman–Crippen LogP) is 2.13. The van der Waals surface area contributed by atoms with E-state index in [1.54, 1.807) is 0 Å². The van der Waals surface area contributed by atoms with Gasteiger partial charge < -0.3 is 5.32 Å². The molecule has 0 amide bonds. The molecule has 1 N–H and O–H groups in total. The average Bonchev–Trinajstić information content (AvgIpc) is 3.19. The molecule has 2 aliphatic rings. The van der Waals surface area contributed by atoms with E-state index in [2.05, 4.69) is 47.0 Å². The van der Waals surface area contributed by atoms with Gasteiger partial charge in [0.15, 0.2) is 0 Å². The maximum Gasteiger partial charge on any atom is 0.0536 e. The lowest BCUT2D eigenvalue weighted by Gasteiger charge is -2.52. The molecular weight excluding hydrogens is 248 g/mol. The molecule has 1 saturated heterocycles. The molecule has 112 valence electrons. The van der Waals surface area contributed by atoms with Gasteiger partial charge in [0.05, 0.1) is 6.54 Å². The highest BCUT2D eigenvalue weighted by Gasteiger charge is 2.50. The third-order valence-corrected chi connectivity index (χ3v) is 5.53. The SMILES string of the molecule is CCC1(C)CN(CCn2cccn2)C(C)(C2CC2)CN1. The first-order valence-corrected chi connectivity index (χ1v) is 8.03. The molecule has 1 saturated carbocycles. The molecule has 2 heterocycles. The highest BCUT2D eigenvalue weighted by Crippen LogP contribution is 2.45. The minimum absolute atomic E-state index is 0.262. The molecule has 20 heavy (non-hydrogen) atoms. The summed E-state index contributed by atoms with van der Waals surface area (Å²) in [7, 11) is 0. The predicted molar refractivity (Wildman–Crippen MR) is 81.6 cm³/mol. The maximum atomic E-state index is 4.34. The van der Waals surface area contributed by atoms with Crippen LogP contribution < -0.4 is 5.32 Å². The second-order valence-electron chi connectivity index (χ2n) is 7.09. The first kappa shape index (κ1) is 14.1. The molecule has 3 rings (SSSR count). The largest absolute Gasteiger partial charge is 0.308 e. The monoisotopic (exact) mass is 276 g/mol. The zero-order valence-electron chi connectivity index (χ0n) is 13.1. The Morgan fingerprint density at radius 1 is 1.30 bits per heavy atom. The fourth-order valence-electron chi connectivity index (χ4n) is 3.50. The topological polar surface area (TPSA) is 33.1 Å². The fourth-order valence-corrected chi connectivity index (χ4v) is 3.50. The van der Waals surface area contributed by atoms with Crippen molar-refractivity contribution in [2.75, 3.05) is 19.6 Å². The van der Waals surface area contributed by atoms with Gasteiger partial charge in [0.25, 0.3) is 0 Å². The van der Waals surface area contributed by atoms with Crippen molar-refractivity contribution < 1.29 is 0 Å². The number of aromatic nitrogens is 2. The molecular formula is C16H28N4. The van der Waals surface area contributed by atoms with Gasteiger partial charge in [-0.05, 0) is 45.1 Å². The van der Waals surface area contributed by atoms with Crippen molar-refractivity contribution >= 4 is 0 Å². The smallest absolute Gasteiger partial charge is 0.0536 e. The summed E-state index contributed by atoms with van der Waals surface area (Å²) in [4.78, 5) is 2.73. The Labute approximate surface area is 122 Å². The molecule has 0 spiro atoms. The number of hydrogen-bond acceptors (Lipinski definition) is 3. The third kappa shape index (κ3) is 2.63. The number of hydrogen-bond donors (Lipinski definition) is 1. The van der Waals surface area contributed by atoms with Gasteiger partial charge in [-0.25, -0.2) is 0 Å². The second kappa shape index (κ2) is 5.15. The quantitative estimate of drug-likeness (QED) is 0.894. The zero-order valence-corrected chi connectivity index (χ0v) is 13.1. The number of piperazine rings is 1. The van der Waals surface area contributed by atoms with Crippen LogP contribution in [0.4, 0.5) is 0 Å². The van der Waals surface area contributed by atoms with Gasteiger partial charge >= 0.3 is 0 Å². The van der Waals surface area contributed by atoms with Gasteiger partial charge in [-0.15, -0.1) is 0 Å². The molecule has 0 aromatic carbocycles. The van der Waals surface area contributed by atoms with Crippen molar-refractivity contribution in [2.24, 2.45) is 5.92 Å². The van der Waals surface area contributed by atoms with Gasteiger partial charge in [0, 0.05) is 43.1 Å². The van der Waals surface area contributed by atoms with Gasteiger partial charge in [-0.1, -0.05) is 6.92 Å². The Morgan fingerprint density at radius 3 is 2.70 bits per heavy atom. The van der Waals surface area contributed by atoms with Crippen LogP contribution in [0, 0.1) is 5.92 Å². The van der Waals surface area contributed by atoms with Crippen molar-refractivity contribution in [2.45, 2.75) is 57.7 Å². The van der Waals surface area contributed by atoms with Crippen molar-refractivity contribution in [3.05, 3.63) is 18.5 Å². The number of rotatable bonds is 5. The van der Waals surface area contributed by atoms with Gasteiger partial charge in [-0.3, -0.25) is 9.58 Å². The van der Waals surface area contributed by atoms with Gasteiger partial charge in [-0.2, -0.15) is 5.10 Å². The van der Waals surface area contributed by atoms with Crippen LogP contribution in [0.1, 0.15) is 40.0 Å². The maximum absolute atomic E-state index is 4.34. The van der Waals surface area contributed by atoms with Crippen LogP contribution in [0.15, 0.2) is 18.5 Å². The summed E-state index contributed by atoms with van der Waals surface area (Å²) < 4.78 is 2.05. The van der Waals surface area contributed by atoms with E-state index in [0.717, 1.165) is 32.1 Å². The van der Waals surface area contributed by atoms with Crippen molar-refractivity contribution in [3.8, 4) is 0 Å². The molecule has 0 radical (unpaired) electrons.